The van der Waals surface area contributed by atoms with Gasteiger partial charge in [-0.05, 0) is 62.2 Å². The first-order valence-corrected chi connectivity index (χ1v) is 11.8. The second kappa shape index (κ2) is 8.36. The number of benzene rings is 1. The molecule has 176 valence electrons. The van der Waals surface area contributed by atoms with Gasteiger partial charge in [0.05, 0.1) is 0 Å². The second-order valence-electron chi connectivity index (χ2n) is 10.2. The minimum atomic E-state index is -0.126. The highest BCUT2D eigenvalue weighted by molar-refractivity contribution is 5.77. The van der Waals surface area contributed by atoms with Crippen LogP contribution in [-0.4, -0.2) is 30.9 Å². The largest absolute Gasteiger partial charge is 0.324 e. The highest BCUT2D eigenvalue weighted by atomic mass is 16.1. The van der Waals surface area contributed by atoms with Crippen LogP contribution in [0.1, 0.15) is 57.5 Å². The Hall–Kier alpha value is -3.52. The molecule has 1 aromatic carbocycles. The fourth-order valence-electron chi connectivity index (χ4n) is 4.39. The van der Waals surface area contributed by atoms with Gasteiger partial charge in [0, 0.05) is 35.6 Å². The summed E-state index contributed by atoms with van der Waals surface area (Å²) in [5, 5.41) is 7.20. The molecule has 1 aliphatic heterocycles. The number of aromatic nitrogens is 5. The number of nitrogens with one attached hydrogen (secondary N) is 2. The van der Waals surface area contributed by atoms with Crippen LogP contribution in [0.4, 0.5) is 11.6 Å². The van der Waals surface area contributed by atoms with Crippen molar-refractivity contribution in [2.75, 3.05) is 11.9 Å². The van der Waals surface area contributed by atoms with E-state index in [9.17, 15) is 4.79 Å². The summed E-state index contributed by atoms with van der Waals surface area (Å²) in [6.07, 6.45) is 2.64. The van der Waals surface area contributed by atoms with E-state index in [-0.39, 0.29) is 17.0 Å². The zero-order chi connectivity index (χ0) is 24.0. The van der Waals surface area contributed by atoms with Gasteiger partial charge >= 0.3 is 0 Å². The van der Waals surface area contributed by atoms with E-state index in [0.717, 1.165) is 30.9 Å². The average molecular weight is 458 g/mol. The number of fused-ring (bicyclic) bond motifs is 2. The van der Waals surface area contributed by atoms with Crippen LogP contribution in [0.2, 0.25) is 0 Å². The maximum Gasteiger partial charge on any atom is 0.278 e. The number of anilines is 2. The lowest BCUT2D eigenvalue weighted by molar-refractivity contribution is 0.469. The van der Waals surface area contributed by atoms with Gasteiger partial charge in [0.2, 0.25) is 5.95 Å². The maximum atomic E-state index is 13.3. The predicted octanol–water partition coefficient (Wildman–Crippen LogP) is 4.24. The smallest absolute Gasteiger partial charge is 0.278 e. The summed E-state index contributed by atoms with van der Waals surface area (Å²) in [5.41, 5.74) is 4.81. The van der Waals surface area contributed by atoms with Gasteiger partial charge in [-0.25, -0.2) is 19.3 Å². The summed E-state index contributed by atoms with van der Waals surface area (Å²) >= 11 is 0. The Morgan fingerprint density at radius 3 is 2.68 bits per heavy atom. The monoisotopic (exact) mass is 457 g/mol. The first-order chi connectivity index (χ1) is 16.2. The highest BCUT2D eigenvalue weighted by Crippen LogP contribution is 2.25. The van der Waals surface area contributed by atoms with Crippen LogP contribution in [0.3, 0.4) is 0 Å². The third-order valence-corrected chi connectivity index (χ3v) is 6.18. The zero-order valence-electron chi connectivity index (χ0n) is 20.4. The van der Waals surface area contributed by atoms with Crippen molar-refractivity contribution in [1.29, 1.82) is 0 Å². The Labute approximate surface area is 199 Å². The van der Waals surface area contributed by atoms with Crippen LogP contribution in [-0.2, 0) is 18.4 Å². The quantitative estimate of drug-likeness (QED) is 0.476. The Morgan fingerprint density at radius 2 is 1.91 bits per heavy atom. The van der Waals surface area contributed by atoms with Crippen molar-refractivity contribution < 1.29 is 0 Å². The van der Waals surface area contributed by atoms with E-state index >= 15 is 0 Å². The van der Waals surface area contributed by atoms with Crippen LogP contribution in [0.25, 0.3) is 16.9 Å². The second-order valence-corrected chi connectivity index (χ2v) is 10.2. The van der Waals surface area contributed by atoms with Gasteiger partial charge in [0.1, 0.15) is 5.39 Å². The van der Waals surface area contributed by atoms with Crippen molar-refractivity contribution in [2.24, 2.45) is 0 Å². The van der Waals surface area contributed by atoms with Crippen molar-refractivity contribution in [3.05, 3.63) is 69.8 Å². The molecule has 8 nitrogen and oxygen atoms in total. The summed E-state index contributed by atoms with van der Waals surface area (Å²) in [5.74, 6) is 1.11. The molecule has 0 spiro atoms. The third kappa shape index (κ3) is 3.98. The van der Waals surface area contributed by atoms with Gasteiger partial charge in [0.25, 0.3) is 5.56 Å². The molecule has 3 aromatic heterocycles. The van der Waals surface area contributed by atoms with Gasteiger partial charge in [0.15, 0.2) is 11.5 Å². The zero-order valence-corrected chi connectivity index (χ0v) is 20.4. The summed E-state index contributed by atoms with van der Waals surface area (Å²) < 4.78 is 3.52. The fourth-order valence-corrected chi connectivity index (χ4v) is 4.39. The van der Waals surface area contributed by atoms with Crippen LogP contribution >= 0.6 is 0 Å². The molecular formula is C26H31N7O. The van der Waals surface area contributed by atoms with E-state index < -0.39 is 0 Å². The number of hydrogen-bond acceptors (Lipinski definition) is 6. The van der Waals surface area contributed by atoms with Gasteiger partial charge in [-0.2, -0.15) is 4.98 Å². The number of rotatable bonds is 4. The van der Waals surface area contributed by atoms with Crippen molar-refractivity contribution in [3.63, 3.8) is 0 Å². The average Bonchev–Trinajstić information content (AvgIpc) is 3.10. The molecule has 5 rings (SSSR count). The van der Waals surface area contributed by atoms with E-state index in [1.807, 2.05) is 36.7 Å². The summed E-state index contributed by atoms with van der Waals surface area (Å²) in [6.45, 7) is 12.2. The Balaban J connectivity index is 1.63. The number of nitrogens with zero attached hydrogens (tertiary/aromatic N) is 5. The van der Waals surface area contributed by atoms with Crippen LogP contribution in [0.5, 0.6) is 0 Å². The molecule has 0 saturated heterocycles. The summed E-state index contributed by atoms with van der Waals surface area (Å²) in [7, 11) is 0. The fraction of sp³-hybridized carbons (Fsp3) is 0.385. The first-order valence-electron chi connectivity index (χ1n) is 11.8. The molecule has 34 heavy (non-hydrogen) atoms. The molecule has 0 aliphatic carbocycles. The standard InChI is InChI=1S/C26H31N7O/c1-16(2)32-24(34)20-15-28-25(29-19-10-9-17-11-12-27-14-18(17)13-19)31-23(20)33(32)22-8-6-7-21(30-22)26(3,4)5/h6-10,13,15-16,27H,11-12,14H2,1-5H3,(H,28,29,31). The van der Waals surface area contributed by atoms with E-state index in [1.54, 1.807) is 10.9 Å². The molecule has 0 amide bonds. The van der Waals surface area contributed by atoms with E-state index in [1.165, 1.54) is 11.1 Å². The topological polar surface area (TPSA) is 89.7 Å². The molecule has 8 heteroatoms. The molecule has 1 aliphatic rings. The van der Waals surface area contributed by atoms with E-state index in [4.69, 9.17) is 9.97 Å². The summed E-state index contributed by atoms with van der Waals surface area (Å²) in [6, 6.07) is 12.2. The Kier molecular flexibility index (Phi) is 5.48. The van der Waals surface area contributed by atoms with Crippen molar-refractivity contribution in [2.45, 2.75) is 59.0 Å². The molecule has 2 N–H and O–H groups in total. The van der Waals surface area contributed by atoms with Crippen molar-refractivity contribution in [1.82, 2.24) is 29.6 Å². The number of hydrogen-bond donors (Lipinski definition) is 2. The van der Waals surface area contributed by atoms with Gasteiger partial charge in [-0.15, -0.1) is 0 Å². The number of pyridine rings is 1. The third-order valence-electron chi connectivity index (χ3n) is 6.18. The Bertz CT molecular complexity index is 1430. The van der Waals surface area contributed by atoms with Crippen LogP contribution in [0.15, 0.2) is 47.4 Å². The normalized spacial score (nSPS) is 13.9. The molecule has 0 radical (unpaired) electrons. The van der Waals surface area contributed by atoms with Crippen molar-refractivity contribution >= 4 is 22.7 Å². The maximum absolute atomic E-state index is 13.3. The molecule has 0 atom stereocenters. The van der Waals surface area contributed by atoms with E-state index in [0.29, 0.717) is 22.8 Å². The molecule has 4 heterocycles. The van der Waals surface area contributed by atoms with E-state index in [2.05, 4.69) is 54.6 Å². The lowest BCUT2D eigenvalue weighted by atomic mass is 9.92. The lowest BCUT2D eigenvalue weighted by Crippen LogP contribution is -2.25. The van der Waals surface area contributed by atoms with Gasteiger partial charge in [-0.3, -0.25) is 4.79 Å². The molecule has 0 fully saturated rings. The van der Waals surface area contributed by atoms with Gasteiger partial charge in [-0.1, -0.05) is 32.9 Å². The minimum absolute atomic E-state index is 0.0775. The SMILES string of the molecule is CC(C)n1c(=O)c2cnc(Nc3ccc4c(c3)CNCC4)nc2n1-c1cccc(C(C)(C)C)n1. The summed E-state index contributed by atoms with van der Waals surface area (Å²) in [4.78, 5) is 27.4. The van der Waals surface area contributed by atoms with Crippen molar-refractivity contribution in [3.8, 4) is 5.82 Å². The van der Waals surface area contributed by atoms with Crippen LogP contribution in [0, 0.1) is 0 Å². The molecule has 0 saturated carbocycles. The predicted molar refractivity (Wildman–Crippen MR) is 135 cm³/mol. The molecule has 0 unspecified atom stereocenters. The molecular weight excluding hydrogens is 426 g/mol. The first kappa shape index (κ1) is 22.3. The van der Waals surface area contributed by atoms with Crippen LogP contribution < -0.4 is 16.2 Å². The molecule has 0 bridgehead atoms. The lowest BCUT2D eigenvalue weighted by Gasteiger charge is -2.20. The minimum Gasteiger partial charge on any atom is -0.324 e. The molecule has 4 aromatic rings. The van der Waals surface area contributed by atoms with Gasteiger partial charge < -0.3 is 10.6 Å². The Morgan fingerprint density at radius 1 is 1.09 bits per heavy atom. The highest BCUT2D eigenvalue weighted by Gasteiger charge is 2.22.